The molecular formula is C29H31F3N2O3. The third-order valence-electron chi connectivity index (χ3n) is 8.94. The van der Waals surface area contributed by atoms with Crippen molar-refractivity contribution in [3.8, 4) is 0 Å². The summed E-state index contributed by atoms with van der Waals surface area (Å²) in [5.74, 6) is 0.0325. The zero-order valence-electron chi connectivity index (χ0n) is 21.0. The minimum absolute atomic E-state index is 0.0936. The number of alkyl halides is 3. The molecule has 3 aliphatic carbocycles. The number of fused-ring (bicyclic) bond motifs is 5. The number of halogens is 3. The van der Waals surface area contributed by atoms with Crippen molar-refractivity contribution in [2.45, 2.75) is 57.5 Å². The Balaban J connectivity index is 1.36. The Morgan fingerprint density at radius 3 is 2.70 bits per heavy atom. The predicted octanol–water partition coefficient (Wildman–Crippen LogP) is 6.20. The largest absolute Gasteiger partial charge is 0.481 e. The van der Waals surface area contributed by atoms with E-state index in [1.54, 1.807) is 13.2 Å². The number of hydrogen-bond acceptors (Lipinski definition) is 3. The lowest BCUT2D eigenvalue weighted by Gasteiger charge is -2.50. The van der Waals surface area contributed by atoms with Crippen LogP contribution in [0.2, 0.25) is 0 Å². The summed E-state index contributed by atoms with van der Waals surface area (Å²) in [4.78, 5) is 29.0. The topological polar surface area (TPSA) is 70.5 Å². The molecule has 0 unspecified atom stereocenters. The van der Waals surface area contributed by atoms with E-state index in [0.29, 0.717) is 28.9 Å². The van der Waals surface area contributed by atoms with Crippen LogP contribution in [0.25, 0.3) is 5.57 Å². The molecule has 1 N–H and O–H groups in total. The maximum absolute atomic E-state index is 13.3. The lowest BCUT2D eigenvalue weighted by molar-refractivity contribution is -0.138. The van der Waals surface area contributed by atoms with Gasteiger partial charge in [0, 0.05) is 31.5 Å². The normalized spacial score (nSPS) is 26.5. The first-order valence-electron chi connectivity index (χ1n) is 12.8. The molecular weight excluding hydrogens is 481 g/mol. The zero-order valence-corrected chi connectivity index (χ0v) is 21.0. The van der Waals surface area contributed by atoms with Gasteiger partial charge in [-0.05, 0) is 95.7 Å². The number of amides is 1. The van der Waals surface area contributed by atoms with Crippen molar-refractivity contribution in [3.05, 3.63) is 70.6 Å². The number of rotatable bonds is 5. The fraction of sp³-hybridized carbons (Fsp3) is 0.483. The Kier molecular flexibility index (Phi) is 6.40. The fourth-order valence-electron chi connectivity index (χ4n) is 7.06. The maximum Gasteiger partial charge on any atom is 0.417 e. The molecule has 196 valence electrons. The second kappa shape index (κ2) is 9.30. The number of nitrogens with zero attached hydrogens (tertiary/aromatic N) is 2. The lowest BCUT2D eigenvalue weighted by Crippen LogP contribution is -2.41. The number of benzene rings is 1. The maximum atomic E-state index is 13.3. The highest BCUT2D eigenvalue weighted by Crippen LogP contribution is 2.63. The molecule has 1 saturated carbocycles. The average Bonchev–Trinajstić information content (AvgIpc) is 3.23. The molecule has 5 nitrogen and oxygen atoms in total. The summed E-state index contributed by atoms with van der Waals surface area (Å²) < 4.78 is 40.0. The lowest BCUT2D eigenvalue weighted by atomic mass is 9.54. The van der Waals surface area contributed by atoms with Gasteiger partial charge in [-0.15, -0.1) is 0 Å². The number of allylic oxidation sites excluding steroid dienone is 2. The van der Waals surface area contributed by atoms with Crippen LogP contribution in [0.1, 0.15) is 77.6 Å². The van der Waals surface area contributed by atoms with Crippen molar-refractivity contribution in [1.82, 2.24) is 9.88 Å². The van der Waals surface area contributed by atoms with E-state index in [1.807, 2.05) is 12.1 Å². The Morgan fingerprint density at radius 2 is 1.97 bits per heavy atom. The highest BCUT2D eigenvalue weighted by atomic mass is 19.4. The molecule has 3 aliphatic rings. The summed E-state index contributed by atoms with van der Waals surface area (Å²) in [6.07, 6.45) is 4.58. The molecule has 1 aromatic heterocycles. The molecule has 0 radical (unpaired) electrons. The summed E-state index contributed by atoms with van der Waals surface area (Å²) in [5.41, 5.74) is 3.70. The summed E-state index contributed by atoms with van der Waals surface area (Å²) in [6, 6.07) is 7.11. The summed E-state index contributed by atoms with van der Waals surface area (Å²) in [6.45, 7) is 2.37. The molecule has 0 saturated heterocycles. The van der Waals surface area contributed by atoms with E-state index in [4.69, 9.17) is 5.11 Å². The van der Waals surface area contributed by atoms with Crippen LogP contribution in [0.15, 0.2) is 42.7 Å². The number of carbonyl (C=O) groups is 2. The molecule has 37 heavy (non-hydrogen) atoms. The molecule has 1 aromatic carbocycles. The van der Waals surface area contributed by atoms with Crippen LogP contribution in [-0.4, -0.2) is 40.5 Å². The first-order valence-corrected chi connectivity index (χ1v) is 12.8. The van der Waals surface area contributed by atoms with Crippen molar-refractivity contribution in [2.24, 2.45) is 17.3 Å². The molecule has 0 spiro atoms. The van der Waals surface area contributed by atoms with E-state index in [2.05, 4.69) is 24.1 Å². The van der Waals surface area contributed by atoms with Crippen LogP contribution in [0.3, 0.4) is 0 Å². The number of aromatic nitrogens is 1. The van der Waals surface area contributed by atoms with Crippen LogP contribution in [0, 0.1) is 17.3 Å². The van der Waals surface area contributed by atoms with Crippen LogP contribution < -0.4 is 0 Å². The molecule has 8 heteroatoms. The van der Waals surface area contributed by atoms with E-state index in [-0.39, 0.29) is 24.3 Å². The third kappa shape index (κ3) is 4.55. The van der Waals surface area contributed by atoms with Gasteiger partial charge in [-0.3, -0.25) is 14.6 Å². The monoisotopic (exact) mass is 512 g/mol. The second-order valence-corrected chi connectivity index (χ2v) is 11.0. The fourth-order valence-corrected chi connectivity index (χ4v) is 7.06. The highest BCUT2D eigenvalue weighted by molar-refractivity contribution is 5.94. The molecule has 1 fully saturated rings. The number of aliphatic carboxylic acids is 1. The van der Waals surface area contributed by atoms with Crippen molar-refractivity contribution < 1.29 is 27.9 Å². The Bertz CT molecular complexity index is 1270. The number of carboxylic acid groups (broad SMARTS) is 1. The molecule has 0 aliphatic heterocycles. The minimum atomic E-state index is -4.42. The summed E-state index contributed by atoms with van der Waals surface area (Å²) in [5, 5.41) is 8.90. The van der Waals surface area contributed by atoms with Crippen LogP contribution in [0.4, 0.5) is 13.2 Å². The van der Waals surface area contributed by atoms with E-state index in [1.165, 1.54) is 22.1 Å². The third-order valence-corrected chi connectivity index (χ3v) is 8.94. The van der Waals surface area contributed by atoms with Crippen LogP contribution in [-0.2, 0) is 17.4 Å². The van der Waals surface area contributed by atoms with E-state index < -0.39 is 17.7 Å². The van der Waals surface area contributed by atoms with Gasteiger partial charge in [0.2, 0.25) is 0 Å². The van der Waals surface area contributed by atoms with Crippen LogP contribution in [0.5, 0.6) is 0 Å². The predicted molar refractivity (Wildman–Crippen MR) is 133 cm³/mol. The number of carboxylic acids is 1. The Hall–Kier alpha value is -3.16. The van der Waals surface area contributed by atoms with Crippen molar-refractivity contribution in [1.29, 1.82) is 0 Å². The second-order valence-electron chi connectivity index (χ2n) is 11.0. The van der Waals surface area contributed by atoms with Gasteiger partial charge in [-0.1, -0.05) is 19.1 Å². The van der Waals surface area contributed by atoms with Gasteiger partial charge >= 0.3 is 12.1 Å². The van der Waals surface area contributed by atoms with Gasteiger partial charge in [0.05, 0.1) is 12.0 Å². The van der Waals surface area contributed by atoms with Crippen molar-refractivity contribution in [2.75, 3.05) is 13.6 Å². The molecule has 5 rings (SSSR count). The van der Waals surface area contributed by atoms with Crippen molar-refractivity contribution in [3.63, 3.8) is 0 Å². The van der Waals surface area contributed by atoms with Gasteiger partial charge < -0.3 is 10.0 Å². The molecule has 1 amide bonds. The Morgan fingerprint density at radius 1 is 1.19 bits per heavy atom. The Labute approximate surface area is 214 Å². The SMILES string of the molecule is CN(CCC(=O)O)C(=O)c1ccc2c(c1)CC[C@@H]1[C@@H]2CC[C@]2(C)C(c3cncc(C(F)(F)F)c3)=CC[C@@H]12. The van der Waals surface area contributed by atoms with Crippen LogP contribution >= 0.6 is 0 Å². The molecule has 4 atom stereocenters. The molecule has 1 heterocycles. The standard InChI is InChI=1S/C29H31F3N2O3/c1-28-11-9-22-21-5-4-18(27(37)34(2)12-10-26(35)36)13-17(21)3-6-23(22)25(28)8-7-24(28)19-14-20(16-33-15-19)29(30,31)32/h4-5,7,13-16,22-23,25H,3,6,8-12H2,1-2H3,(H,35,36)/t22-,23-,25+,28-/m1/s1. The highest BCUT2D eigenvalue weighted by Gasteiger charge is 2.52. The van der Waals surface area contributed by atoms with Gasteiger partial charge in [-0.25, -0.2) is 0 Å². The molecule has 0 bridgehead atoms. The van der Waals surface area contributed by atoms with Gasteiger partial charge in [0.25, 0.3) is 5.91 Å². The van der Waals surface area contributed by atoms with E-state index >= 15 is 0 Å². The number of hydrogen-bond donors (Lipinski definition) is 1. The number of carbonyl (C=O) groups excluding carboxylic acids is 1. The summed E-state index contributed by atoms with van der Waals surface area (Å²) in [7, 11) is 1.62. The van der Waals surface area contributed by atoms with Gasteiger partial charge in [-0.2, -0.15) is 13.2 Å². The molecule has 2 aromatic rings. The van der Waals surface area contributed by atoms with Gasteiger partial charge in [0.1, 0.15) is 0 Å². The average molecular weight is 513 g/mol. The van der Waals surface area contributed by atoms with E-state index in [9.17, 15) is 22.8 Å². The minimum Gasteiger partial charge on any atom is -0.481 e. The summed E-state index contributed by atoms with van der Waals surface area (Å²) >= 11 is 0. The van der Waals surface area contributed by atoms with Crippen molar-refractivity contribution >= 4 is 17.4 Å². The quantitative estimate of drug-likeness (QED) is 0.518. The number of pyridine rings is 1. The number of aryl methyl sites for hydroxylation is 1. The first kappa shape index (κ1) is 25.5. The van der Waals surface area contributed by atoms with Gasteiger partial charge in [0.15, 0.2) is 0 Å². The van der Waals surface area contributed by atoms with E-state index in [0.717, 1.165) is 43.9 Å². The smallest absolute Gasteiger partial charge is 0.417 e. The first-order chi connectivity index (χ1) is 17.5. The zero-order chi connectivity index (χ0) is 26.5.